The smallest absolute Gasteiger partial charge is 0.300 e. The van der Waals surface area contributed by atoms with Crippen LogP contribution in [-0.4, -0.2) is 31.2 Å². The average molecular weight is 509 g/mol. The van der Waals surface area contributed by atoms with E-state index >= 15 is 0 Å². The van der Waals surface area contributed by atoms with E-state index in [1.54, 1.807) is 0 Å². The van der Waals surface area contributed by atoms with Gasteiger partial charge in [-0.15, -0.1) is 0 Å². The molecule has 2 unspecified atom stereocenters. The Hall–Kier alpha value is -2.64. The number of rotatable bonds is 13. The van der Waals surface area contributed by atoms with Gasteiger partial charge >= 0.3 is 0 Å². The van der Waals surface area contributed by atoms with Gasteiger partial charge in [0.2, 0.25) is 6.33 Å². The van der Waals surface area contributed by atoms with Crippen LogP contribution in [0.1, 0.15) is 99.8 Å². The second-order valence-electron chi connectivity index (χ2n) is 9.04. The van der Waals surface area contributed by atoms with Gasteiger partial charge in [-0.2, -0.15) is 0 Å². The van der Waals surface area contributed by atoms with Crippen molar-refractivity contribution in [2.24, 2.45) is 11.8 Å². The SMILES string of the molecule is CC(=O)O.CC(=O)[O-].CCCCC(CC)C[n+]1ccn(CC)c1.CCCCC(CC)Cn1ccnc1. The lowest BCUT2D eigenvalue weighted by Gasteiger charge is -2.14. The van der Waals surface area contributed by atoms with Gasteiger partial charge < -0.3 is 19.6 Å². The lowest BCUT2D eigenvalue weighted by molar-refractivity contribution is -0.703. The molecule has 0 aromatic carbocycles. The fraction of sp³-hybridized carbons (Fsp3) is 0.714. The highest BCUT2D eigenvalue weighted by Gasteiger charge is 2.10. The van der Waals surface area contributed by atoms with Gasteiger partial charge in [0.25, 0.3) is 5.97 Å². The van der Waals surface area contributed by atoms with Crippen LogP contribution in [0, 0.1) is 11.8 Å². The third-order valence-electron chi connectivity index (χ3n) is 5.70. The van der Waals surface area contributed by atoms with Crippen LogP contribution in [0.25, 0.3) is 0 Å². The van der Waals surface area contributed by atoms with Crippen LogP contribution in [0.15, 0.2) is 37.4 Å². The van der Waals surface area contributed by atoms with Gasteiger partial charge in [0.1, 0.15) is 12.4 Å². The first-order valence-electron chi connectivity index (χ1n) is 13.5. The highest BCUT2D eigenvalue weighted by atomic mass is 16.4. The number of aliphatic carboxylic acids is 2. The highest BCUT2D eigenvalue weighted by Crippen LogP contribution is 2.14. The minimum atomic E-state index is -1.08. The number of carbonyl (C=O) groups is 2. The highest BCUT2D eigenvalue weighted by molar-refractivity contribution is 5.63. The zero-order valence-corrected chi connectivity index (χ0v) is 23.9. The average Bonchev–Trinajstić information content (AvgIpc) is 3.51. The number of carboxylic acid groups (broad SMARTS) is 2. The van der Waals surface area contributed by atoms with E-state index in [1.807, 2.05) is 12.5 Å². The van der Waals surface area contributed by atoms with Crippen LogP contribution in [0.2, 0.25) is 0 Å². The maximum absolute atomic E-state index is 9.00. The molecule has 8 nitrogen and oxygen atoms in total. The van der Waals surface area contributed by atoms with Gasteiger partial charge in [-0.1, -0.05) is 59.8 Å². The summed E-state index contributed by atoms with van der Waals surface area (Å²) in [7, 11) is 0. The number of nitrogens with zero attached hydrogens (tertiary/aromatic N) is 4. The fourth-order valence-corrected chi connectivity index (χ4v) is 3.56. The number of imidazole rings is 2. The number of hydrogen-bond acceptors (Lipinski definition) is 4. The largest absolute Gasteiger partial charge is 0.550 e. The number of unbranched alkanes of at least 4 members (excludes halogenated alkanes) is 2. The molecule has 2 rings (SSSR count). The minimum Gasteiger partial charge on any atom is -0.550 e. The van der Waals surface area contributed by atoms with Crippen molar-refractivity contribution in [3.05, 3.63) is 37.4 Å². The molecule has 36 heavy (non-hydrogen) atoms. The van der Waals surface area contributed by atoms with E-state index in [9.17, 15) is 0 Å². The van der Waals surface area contributed by atoms with Gasteiger partial charge in [-0.05, 0) is 44.9 Å². The summed E-state index contributed by atoms with van der Waals surface area (Å²) in [4.78, 5) is 21.9. The first-order valence-corrected chi connectivity index (χ1v) is 13.5. The van der Waals surface area contributed by atoms with Crippen LogP contribution in [0.4, 0.5) is 0 Å². The molecule has 0 aliphatic rings. The number of hydrogen-bond donors (Lipinski definition) is 1. The Morgan fingerprint density at radius 3 is 1.86 bits per heavy atom. The summed E-state index contributed by atoms with van der Waals surface area (Å²) in [5.74, 6) is -0.239. The molecule has 2 aromatic rings. The first-order chi connectivity index (χ1) is 17.1. The van der Waals surface area contributed by atoms with Crippen LogP contribution in [0.3, 0.4) is 0 Å². The summed E-state index contributed by atoms with van der Waals surface area (Å²) in [6.45, 7) is 16.7. The molecule has 2 heterocycles. The molecule has 0 bridgehead atoms. The Bertz CT molecular complexity index is 739. The van der Waals surface area contributed by atoms with E-state index in [0.29, 0.717) is 0 Å². The molecule has 0 fully saturated rings. The Kier molecular flexibility index (Phi) is 23.8. The number of aryl methyl sites for hydroxylation is 1. The van der Waals surface area contributed by atoms with Crippen molar-refractivity contribution in [1.29, 1.82) is 0 Å². The molecule has 0 spiro atoms. The molecular formula is C28H52N4O4. The van der Waals surface area contributed by atoms with E-state index in [-0.39, 0.29) is 0 Å². The van der Waals surface area contributed by atoms with Gasteiger partial charge in [0.15, 0.2) is 0 Å². The topological polar surface area (TPSA) is 104 Å². The molecule has 0 aliphatic carbocycles. The van der Waals surface area contributed by atoms with Crippen molar-refractivity contribution in [2.45, 2.75) is 119 Å². The number of aromatic nitrogens is 4. The quantitative estimate of drug-likeness (QED) is 0.385. The summed E-state index contributed by atoms with van der Waals surface area (Å²) in [6, 6.07) is 0. The fourth-order valence-electron chi connectivity index (χ4n) is 3.56. The van der Waals surface area contributed by atoms with Crippen molar-refractivity contribution in [3.8, 4) is 0 Å². The first kappa shape index (κ1) is 35.5. The van der Waals surface area contributed by atoms with Gasteiger partial charge in [0.05, 0.1) is 19.4 Å². The van der Waals surface area contributed by atoms with Crippen molar-refractivity contribution < 1.29 is 24.4 Å². The molecule has 0 saturated heterocycles. The Balaban J connectivity index is 0. The minimum absolute atomic E-state index is 0.828. The predicted molar refractivity (Wildman–Crippen MR) is 143 cm³/mol. The van der Waals surface area contributed by atoms with E-state index in [1.165, 1.54) is 57.9 Å². The van der Waals surface area contributed by atoms with Gasteiger partial charge in [0, 0.05) is 31.8 Å². The van der Waals surface area contributed by atoms with Crippen molar-refractivity contribution in [1.82, 2.24) is 14.1 Å². The van der Waals surface area contributed by atoms with E-state index in [4.69, 9.17) is 19.8 Å². The van der Waals surface area contributed by atoms with Crippen molar-refractivity contribution >= 4 is 11.9 Å². The molecule has 2 aromatic heterocycles. The molecule has 208 valence electrons. The third kappa shape index (κ3) is 23.1. The van der Waals surface area contributed by atoms with Crippen LogP contribution in [0.5, 0.6) is 0 Å². The Labute approximate surface area is 219 Å². The lowest BCUT2D eigenvalue weighted by atomic mass is 9.99. The summed E-state index contributed by atoms with van der Waals surface area (Å²) < 4.78 is 6.74. The molecular weight excluding hydrogens is 456 g/mol. The maximum Gasteiger partial charge on any atom is 0.300 e. The van der Waals surface area contributed by atoms with E-state index < -0.39 is 11.9 Å². The second-order valence-corrected chi connectivity index (χ2v) is 9.04. The van der Waals surface area contributed by atoms with Crippen LogP contribution in [-0.2, 0) is 29.2 Å². The molecule has 0 aliphatic heterocycles. The molecule has 1 N–H and O–H groups in total. The van der Waals surface area contributed by atoms with E-state index in [0.717, 1.165) is 38.8 Å². The molecule has 0 radical (unpaired) electrons. The number of carboxylic acids is 2. The molecule has 0 amide bonds. The lowest BCUT2D eigenvalue weighted by Crippen LogP contribution is -2.35. The van der Waals surface area contributed by atoms with Crippen LogP contribution >= 0.6 is 0 Å². The summed E-state index contributed by atoms with van der Waals surface area (Å²) in [5, 5.41) is 16.3. The summed E-state index contributed by atoms with van der Waals surface area (Å²) in [6.07, 6.45) is 23.0. The standard InChI is InChI=1S/C13H25N2.C11H20N2.2C2H4O2/c1-4-7-8-13(5-2)11-15-10-9-14(6-3)12-15;1-3-5-6-11(4-2)9-13-8-7-12-10-13;2*1-2(3)4/h9-10,12-13H,4-8,11H2,1-3H3;7-8,10-11H,3-6,9H2,1-2H3;2*1H3,(H,3,4)/q+1;;;/p-1. The second kappa shape index (κ2) is 24.1. The molecule has 2 atom stereocenters. The van der Waals surface area contributed by atoms with Crippen molar-refractivity contribution in [3.63, 3.8) is 0 Å². The zero-order chi connectivity index (χ0) is 27.8. The Morgan fingerprint density at radius 1 is 0.944 bits per heavy atom. The monoisotopic (exact) mass is 508 g/mol. The van der Waals surface area contributed by atoms with Crippen LogP contribution < -0.4 is 9.67 Å². The predicted octanol–water partition coefficient (Wildman–Crippen LogP) is 4.96. The van der Waals surface area contributed by atoms with E-state index in [2.05, 4.69) is 78.2 Å². The van der Waals surface area contributed by atoms with Gasteiger partial charge in [-0.3, -0.25) is 4.79 Å². The summed E-state index contributed by atoms with van der Waals surface area (Å²) in [5.41, 5.74) is 0. The van der Waals surface area contributed by atoms with Crippen molar-refractivity contribution in [2.75, 3.05) is 0 Å². The maximum atomic E-state index is 9.00. The molecule has 8 heteroatoms. The number of carbonyl (C=O) groups excluding carboxylic acids is 1. The Morgan fingerprint density at radius 2 is 1.47 bits per heavy atom. The normalized spacial score (nSPS) is 11.5. The summed E-state index contributed by atoms with van der Waals surface area (Å²) >= 11 is 0. The molecule has 0 saturated carbocycles. The van der Waals surface area contributed by atoms with Gasteiger partial charge in [-0.25, -0.2) is 14.1 Å². The zero-order valence-electron chi connectivity index (χ0n) is 23.9. The third-order valence-corrected chi connectivity index (χ3v) is 5.70.